The van der Waals surface area contributed by atoms with E-state index in [1.165, 1.54) is 0 Å². The van der Waals surface area contributed by atoms with Gasteiger partial charge in [0.2, 0.25) is 0 Å². The van der Waals surface area contributed by atoms with E-state index in [1.807, 2.05) is 17.1 Å². The Labute approximate surface area is 160 Å². The first-order chi connectivity index (χ1) is 12.7. The van der Waals surface area contributed by atoms with Gasteiger partial charge in [0.15, 0.2) is 0 Å². The fourth-order valence-electron chi connectivity index (χ4n) is 3.28. The Morgan fingerprint density at radius 2 is 2.27 bits per heavy atom. The van der Waals surface area contributed by atoms with Crippen LogP contribution >= 0.6 is 23.2 Å². The van der Waals surface area contributed by atoms with Crippen LogP contribution in [-0.4, -0.2) is 34.7 Å². The van der Waals surface area contributed by atoms with E-state index in [0.717, 1.165) is 42.4 Å². The van der Waals surface area contributed by atoms with Gasteiger partial charge in [-0.1, -0.05) is 23.2 Å². The van der Waals surface area contributed by atoms with E-state index >= 15 is 0 Å². The highest BCUT2D eigenvalue weighted by molar-refractivity contribution is 6.45. The van der Waals surface area contributed by atoms with Gasteiger partial charge in [0.05, 0.1) is 27.1 Å². The molecule has 3 heterocycles. The predicted octanol–water partition coefficient (Wildman–Crippen LogP) is 5.39. The van der Waals surface area contributed by atoms with Crippen LogP contribution in [0, 0.1) is 0 Å². The average molecular weight is 398 g/mol. The molecule has 3 aromatic rings. The number of benzene rings is 1. The third-order valence-corrected chi connectivity index (χ3v) is 5.30. The zero-order valence-corrected chi connectivity index (χ0v) is 15.5. The van der Waals surface area contributed by atoms with Gasteiger partial charge in [0, 0.05) is 36.2 Å². The summed E-state index contributed by atoms with van der Waals surface area (Å²) < 4.78 is 25.8. The van der Waals surface area contributed by atoms with Crippen molar-refractivity contribution >= 4 is 34.1 Å². The van der Waals surface area contributed by atoms with Gasteiger partial charge < -0.3 is 14.5 Å². The lowest BCUT2D eigenvalue weighted by atomic mass is 10.1. The fraction of sp³-hybridized carbons (Fsp3) is 0.389. The average Bonchev–Trinajstić information content (AvgIpc) is 3.31. The Hall–Kier alpha value is -1.76. The van der Waals surface area contributed by atoms with Crippen LogP contribution in [0.15, 0.2) is 24.7 Å². The molecule has 5 nitrogen and oxygen atoms in total. The van der Waals surface area contributed by atoms with Crippen molar-refractivity contribution in [1.82, 2.24) is 14.8 Å². The van der Waals surface area contributed by atoms with Crippen LogP contribution in [0.25, 0.3) is 22.0 Å². The van der Waals surface area contributed by atoms with E-state index in [0.29, 0.717) is 21.3 Å². The molecule has 26 heavy (non-hydrogen) atoms. The Balaban J connectivity index is 1.77. The van der Waals surface area contributed by atoms with Crippen LogP contribution in [0.5, 0.6) is 5.75 Å². The minimum atomic E-state index is -0.585. The molecule has 0 saturated carbocycles. The summed E-state index contributed by atoms with van der Waals surface area (Å²) in [6.07, 6.45) is 8.67. The molecule has 1 saturated heterocycles. The zero-order chi connectivity index (χ0) is 18.1. The molecule has 0 bridgehead atoms. The van der Waals surface area contributed by atoms with Gasteiger partial charge in [0.1, 0.15) is 25.3 Å². The molecule has 1 atom stereocenters. The predicted molar refractivity (Wildman–Crippen MR) is 99.8 cm³/mol. The number of hydrogen-bond donors (Lipinski definition) is 1. The second-order valence-corrected chi connectivity index (χ2v) is 6.98. The van der Waals surface area contributed by atoms with E-state index in [9.17, 15) is 4.39 Å². The Morgan fingerprint density at radius 3 is 3.04 bits per heavy atom. The van der Waals surface area contributed by atoms with E-state index in [-0.39, 0.29) is 12.8 Å². The van der Waals surface area contributed by atoms with Gasteiger partial charge >= 0.3 is 0 Å². The molecule has 1 N–H and O–H groups in total. The van der Waals surface area contributed by atoms with Crippen molar-refractivity contribution in [1.29, 1.82) is 0 Å². The molecule has 0 aliphatic carbocycles. The largest absolute Gasteiger partial charge is 0.490 e. The maximum atomic E-state index is 12.6. The number of nitrogens with one attached hydrogen (secondary N) is 1. The molecular weight excluding hydrogens is 380 g/mol. The van der Waals surface area contributed by atoms with Crippen molar-refractivity contribution in [2.75, 3.05) is 19.9 Å². The van der Waals surface area contributed by atoms with Crippen LogP contribution in [0.2, 0.25) is 10.0 Å². The summed E-state index contributed by atoms with van der Waals surface area (Å²) in [4.78, 5) is 3.14. The number of rotatable bonds is 5. The summed E-state index contributed by atoms with van der Waals surface area (Å²) in [6, 6.07) is 1.62. The highest BCUT2D eigenvalue weighted by Gasteiger charge is 2.20. The lowest BCUT2D eigenvalue weighted by molar-refractivity contribution is -0.0394. The minimum Gasteiger partial charge on any atom is -0.490 e. The van der Waals surface area contributed by atoms with E-state index in [2.05, 4.69) is 10.1 Å². The Bertz CT molecular complexity index is 919. The quantitative estimate of drug-likeness (QED) is 0.627. The molecule has 2 aromatic heterocycles. The highest BCUT2D eigenvalue weighted by Crippen LogP contribution is 2.42. The summed E-state index contributed by atoms with van der Waals surface area (Å²) in [7, 11) is 0. The molecule has 4 rings (SSSR count). The third kappa shape index (κ3) is 3.17. The first-order valence-corrected chi connectivity index (χ1v) is 9.28. The van der Waals surface area contributed by atoms with Crippen molar-refractivity contribution in [2.45, 2.75) is 25.5 Å². The van der Waals surface area contributed by atoms with Crippen LogP contribution < -0.4 is 4.74 Å². The molecule has 0 radical (unpaired) electrons. The first kappa shape index (κ1) is 17.6. The number of aromatic amines is 1. The molecule has 0 amide bonds. The number of ether oxygens (including phenoxy) is 2. The number of nitrogens with zero attached hydrogens (tertiary/aromatic N) is 2. The Morgan fingerprint density at radius 1 is 1.38 bits per heavy atom. The molecule has 1 aliphatic rings. The number of halogens is 3. The third-order valence-electron chi connectivity index (χ3n) is 4.51. The number of fused-ring (bicyclic) bond motifs is 1. The molecule has 1 aromatic carbocycles. The summed E-state index contributed by atoms with van der Waals surface area (Å²) >= 11 is 12.5. The van der Waals surface area contributed by atoms with Gasteiger partial charge in [-0.25, -0.2) is 9.07 Å². The van der Waals surface area contributed by atoms with Crippen LogP contribution in [0.1, 0.15) is 25.5 Å². The minimum absolute atomic E-state index is 0.0389. The lowest BCUT2D eigenvalue weighted by Crippen LogP contribution is -2.18. The van der Waals surface area contributed by atoms with E-state index < -0.39 is 6.67 Å². The monoisotopic (exact) mass is 397 g/mol. The summed E-state index contributed by atoms with van der Waals surface area (Å²) in [5.41, 5.74) is 2.42. The lowest BCUT2D eigenvalue weighted by Gasteiger charge is -2.22. The summed E-state index contributed by atoms with van der Waals surface area (Å²) in [5, 5.41) is 5.97. The van der Waals surface area contributed by atoms with Crippen molar-refractivity contribution in [3.05, 3.63) is 34.7 Å². The maximum Gasteiger partial charge on any atom is 0.150 e. The summed E-state index contributed by atoms with van der Waals surface area (Å²) in [6.45, 7) is 0.119. The smallest absolute Gasteiger partial charge is 0.150 e. The topological polar surface area (TPSA) is 52.1 Å². The highest BCUT2D eigenvalue weighted by atomic mass is 35.5. The molecule has 8 heteroatoms. The van der Waals surface area contributed by atoms with Crippen LogP contribution in [0.4, 0.5) is 4.39 Å². The standard InChI is InChI=1S/C18H18Cl2FN3O2/c19-13-7-14(25-6-4-21)16-12(9-22-18(16)17(13)20)11-8-23-24(10-11)15-3-1-2-5-26-15/h7-10,15,22H,1-6H2. The Kier molecular flexibility index (Phi) is 5.07. The normalized spacial score (nSPS) is 17.7. The molecule has 1 unspecified atom stereocenters. The summed E-state index contributed by atoms with van der Waals surface area (Å²) in [5.74, 6) is 0.491. The number of hydrogen-bond acceptors (Lipinski definition) is 3. The van der Waals surface area contributed by atoms with Crippen LogP contribution in [-0.2, 0) is 4.74 Å². The number of H-pyrrole nitrogens is 1. The zero-order valence-electron chi connectivity index (χ0n) is 14.0. The molecule has 1 fully saturated rings. The molecule has 1 aliphatic heterocycles. The number of aromatic nitrogens is 3. The molecule has 0 spiro atoms. The van der Waals surface area contributed by atoms with Crippen molar-refractivity contribution in [3.63, 3.8) is 0 Å². The van der Waals surface area contributed by atoms with E-state index in [1.54, 1.807) is 12.3 Å². The second-order valence-electron chi connectivity index (χ2n) is 6.19. The molecular formula is C18H18Cl2FN3O2. The van der Waals surface area contributed by atoms with Crippen molar-refractivity contribution in [3.8, 4) is 16.9 Å². The maximum absolute atomic E-state index is 12.6. The SMILES string of the molecule is FCCOc1cc(Cl)c(Cl)c2[nH]cc(-c3cnn(C4CCCCO4)c3)c12. The second kappa shape index (κ2) is 7.47. The number of alkyl halides is 1. The fourth-order valence-corrected chi connectivity index (χ4v) is 3.68. The van der Waals surface area contributed by atoms with Gasteiger partial charge in [-0.3, -0.25) is 0 Å². The van der Waals surface area contributed by atoms with Crippen molar-refractivity contribution in [2.24, 2.45) is 0 Å². The van der Waals surface area contributed by atoms with Gasteiger partial charge in [-0.05, 0) is 19.3 Å². The van der Waals surface area contributed by atoms with E-state index in [4.69, 9.17) is 32.7 Å². The van der Waals surface area contributed by atoms with Gasteiger partial charge in [-0.15, -0.1) is 0 Å². The van der Waals surface area contributed by atoms with Crippen molar-refractivity contribution < 1.29 is 13.9 Å². The van der Waals surface area contributed by atoms with Gasteiger partial charge in [0.25, 0.3) is 0 Å². The first-order valence-electron chi connectivity index (χ1n) is 8.53. The molecule has 138 valence electrons. The van der Waals surface area contributed by atoms with Gasteiger partial charge in [-0.2, -0.15) is 5.10 Å². The van der Waals surface area contributed by atoms with Crippen LogP contribution in [0.3, 0.4) is 0 Å².